The zero-order chi connectivity index (χ0) is 10.7. The number of hydrogen-bond donors (Lipinski definition) is 0. The number of rotatable bonds is 0. The second-order valence-corrected chi connectivity index (χ2v) is 3.75. The van der Waals surface area contributed by atoms with E-state index in [1.54, 1.807) is 4.90 Å². The molecule has 2 nitrogen and oxygen atoms in total. The lowest BCUT2D eigenvalue weighted by molar-refractivity contribution is -0.125. The molecule has 0 spiro atoms. The molecular formula is C13H13NO. The van der Waals surface area contributed by atoms with Gasteiger partial charge in [-0.15, -0.1) is 0 Å². The van der Waals surface area contributed by atoms with Crippen LogP contribution in [-0.4, -0.2) is 16.8 Å². The minimum atomic E-state index is 0.144. The summed E-state index contributed by atoms with van der Waals surface area (Å²) in [6, 6.07) is 12.9. The highest BCUT2D eigenvalue weighted by Crippen LogP contribution is 2.16. The van der Waals surface area contributed by atoms with E-state index in [0.29, 0.717) is 6.42 Å². The molecule has 1 aliphatic heterocycles. The molecule has 15 heavy (non-hydrogen) atoms. The van der Waals surface area contributed by atoms with Crippen LogP contribution in [0.2, 0.25) is 0 Å². The molecule has 0 radical (unpaired) electrons. The monoisotopic (exact) mass is 199 g/mol. The van der Waals surface area contributed by atoms with Crippen LogP contribution in [0.3, 0.4) is 0 Å². The summed E-state index contributed by atoms with van der Waals surface area (Å²) in [5.74, 6) is 3.15. The summed E-state index contributed by atoms with van der Waals surface area (Å²) in [5.41, 5.74) is 0.949. The first-order chi connectivity index (χ1) is 7.27. The fourth-order valence-electron chi connectivity index (χ4n) is 1.65. The highest BCUT2D eigenvalue weighted by molar-refractivity contribution is 5.80. The maximum atomic E-state index is 11.4. The third-order valence-corrected chi connectivity index (χ3v) is 2.58. The Hall–Kier alpha value is -1.75. The zero-order valence-electron chi connectivity index (χ0n) is 8.73. The Bertz CT molecular complexity index is 413. The first kappa shape index (κ1) is 9.79. The molecule has 1 aliphatic rings. The molecule has 0 aromatic heterocycles. The summed E-state index contributed by atoms with van der Waals surface area (Å²) in [7, 11) is 0. The molecule has 0 bridgehead atoms. The molecule has 2 rings (SSSR count). The van der Waals surface area contributed by atoms with Gasteiger partial charge in [-0.3, -0.25) is 9.69 Å². The predicted octanol–water partition coefficient (Wildman–Crippen LogP) is 2.01. The van der Waals surface area contributed by atoms with Crippen molar-refractivity contribution in [2.24, 2.45) is 0 Å². The van der Waals surface area contributed by atoms with E-state index in [1.165, 1.54) is 0 Å². The Kier molecular flexibility index (Phi) is 2.73. The summed E-state index contributed by atoms with van der Waals surface area (Å²) in [4.78, 5) is 13.1. The van der Waals surface area contributed by atoms with Gasteiger partial charge in [0.1, 0.15) is 0 Å². The van der Waals surface area contributed by atoms with Crippen molar-refractivity contribution in [3.63, 3.8) is 0 Å². The highest BCUT2D eigenvalue weighted by atomic mass is 16.2. The maximum absolute atomic E-state index is 11.4. The fraction of sp³-hybridized carbons (Fsp3) is 0.308. The molecule has 1 amide bonds. The van der Waals surface area contributed by atoms with E-state index < -0.39 is 0 Å². The number of carbonyl (C=O) groups is 1. The molecule has 0 aliphatic carbocycles. The fourth-order valence-corrected chi connectivity index (χ4v) is 1.65. The summed E-state index contributed by atoms with van der Waals surface area (Å²) in [5, 5.41) is 0. The Morgan fingerprint density at radius 1 is 1.33 bits per heavy atom. The molecule has 1 atom stereocenters. The van der Waals surface area contributed by atoms with Crippen molar-refractivity contribution >= 4 is 5.91 Å². The molecule has 1 unspecified atom stereocenters. The van der Waals surface area contributed by atoms with Gasteiger partial charge in [-0.25, -0.2) is 0 Å². The van der Waals surface area contributed by atoms with E-state index in [-0.39, 0.29) is 11.9 Å². The van der Waals surface area contributed by atoms with Gasteiger partial charge in [-0.1, -0.05) is 18.2 Å². The van der Waals surface area contributed by atoms with Crippen LogP contribution in [0.5, 0.6) is 0 Å². The van der Waals surface area contributed by atoms with Gasteiger partial charge in [0, 0.05) is 24.1 Å². The Labute approximate surface area is 89.9 Å². The van der Waals surface area contributed by atoms with Gasteiger partial charge in [0.2, 0.25) is 5.91 Å². The second-order valence-electron chi connectivity index (χ2n) is 3.75. The van der Waals surface area contributed by atoms with Gasteiger partial charge in [-0.2, -0.15) is 0 Å². The average Bonchev–Trinajstić information content (AvgIpc) is 2.58. The number of benzene rings is 1. The van der Waals surface area contributed by atoms with E-state index >= 15 is 0 Å². The molecule has 1 aromatic rings. The minimum Gasteiger partial charge on any atom is -0.274 e. The van der Waals surface area contributed by atoms with Crippen LogP contribution in [0, 0.1) is 12.0 Å². The van der Waals surface area contributed by atoms with E-state index in [1.807, 2.05) is 37.3 Å². The van der Waals surface area contributed by atoms with E-state index in [0.717, 1.165) is 12.0 Å². The first-order valence-corrected chi connectivity index (χ1v) is 5.16. The van der Waals surface area contributed by atoms with Gasteiger partial charge in [-0.05, 0) is 31.4 Å². The standard InChI is InChI=1S/C13H13NO/c1-11-7-8-13(15)14(11)10-9-12-5-3-2-4-6-12/h2-6,11H,7-8H2,1H3. The molecule has 2 heteroatoms. The lowest BCUT2D eigenvalue weighted by atomic mass is 10.2. The average molecular weight is 199 g/mol. The van der Waals surface area contributed by atoms with Crippen LogP contribution in [0.25, 0.3) is 0 Å². The summed E-state index contributed by atoms with van der Waals surface area (Å²) < 4.78 is 0. The molecule has 1 aromatic carbocycles. The van der Waals surface area contributed by atoms with E-state index in [4.69, 9.17) is 0 Å². The first-order valence-electron chi connectivity index (χ1n) is 5.16. The van der Waals surface area contributed by atoms with Crippen molar-refractivity contribution in [2.75, 3.05) is 0 Å². The quantitative estimate of drug-likeness (QED) is 0.585. The van der Waals surface area contributed by atoms with Crippen LogP contribution in [0.15, 0.2) is 30.3 Å². The zero-order valence-corrected chi connectivity index (χ0v) is 8.73. The minimum absolute atomic E-state index is 0.144. The van der Waals surface area contributed by atoms with E-state index in [2.05, 4.69) is 12.0 Å². The van der Waals surface area contributed by atoms with Crippen molar-refractivity contribution in [3.05, 3.63) is 35.9 Å². The largest absolute Gasteiger partial charge is 0.274 e. The summed E-state index contributed by atoms with van der Waals surface area (Å²) >= 11 is 0. The number of amides is 1. The van der Waals surface area contributed by atoms with Gasteiger partial charge >= 0.3 is 0 Å². The lowest BCUT2D eigenvalue weighted by Crippen LogP contribution is -2.25. The van der Waals surface area contributed by atoms with Crippen LogP contribution < -0.4 is 0 Å². The van der Waals surface area contributed by atoms with Gasteiger partial charge in [0.25, 0.3) is 0 Å². The highest BCUT2D eigenvalue weighted by Gasteiger charge is 2.25. The van der Waals surface area contributed by atoms with Gasteiger partial charge < -0.3 is 0 Å². The van der Waals surface area contributed by atoms with Crippen LogP contribution in [-0.2, 0) is 4.79 Å². The summed E-state index contributed by atoms with van der Waals surface area (Å²) in [6.07, 6.45) is 1.55. The number of likely N-dealkylation sites (tertiary alicyclic amines) is 1. The van der Waals surface area contributed by atoms with Crippen LogP contribution >= 0.6 is 0 Å². The third-order valence-electron chi connectivity index (χ3n) is 2.58. The van der Waals surface area contributed by atoms with E-state index in [9.17, 15) is 4.79 Å². The number of carbonyl (C=O) groups excluding carboxylic acids is 1. The molecule has 76 valence electrons. The smallest absolute Gasteiger partial charge is 0.234 e. The SMILES string of the molecule is CC1CCC(=O)N1C#Cc1ccccc1. The third kappa shape index (κ3) is 2.19. The summed E-state index contributed by atoms with van der Waals surface area (Å²) in [6.45, 7) is 2.03. The maximum Gasteiger partial charge on any atom is 0.234 e. The molecule has 1 saturated heterocycles. The Morgan fingerprint density at radius 3 is 2.67 bits per heavy atom. The van der Waals surface area contributed by atoms with Gasteiger partial charge in [0.15, 0.2) is 0 Å². The molecule has 0 saturated carbocycles. The van der Waals surface area contributed by atoms with Crippen molar-refractivity contribution < 1.29 is 4.79 Å². The van der Waals surface area contributed by atoms with Crippen molar-refractivity contribution in [1.82, 2.24) is 4.90 Å². The molecular weight excluding hydrogens is 186 g/mol. The number of nitrogens with zero attached hydrogens (tertiary/aromatic N) is 1. The van der Waals surface area contributed by atoms with Gasteiger partial charge in [0.05, 0.1) is 0 Å². The molecule has 1 fully saturated rings. The predicted molar refractivity (Wildman–Crippen MR) is 58.9 cm³/mol. The molecule has 0 N–H and O–H groups in total. The topological polar surface area (TPSA) is 20.3 Å². The second kappa shape index (κ2) is 4.18. The number of hydrogen-bond acceptors (Lipinski definition) is 1. The van der Waals surface area contributed by atoms with Crippen molar-refractivity contribution in [3.8, 4) is 12.0 Å². The Balaban J connectivity index is 2.15. The normalized spacial score (nSPS) is 19.9. The van der Waals surface area contributed by atoms with Crippen molar-refractivity contribution in [1.29, 1.82) is 0 Å². The van der Waals surface area contributed by atoms with Crippen molar-refractivity contribution in [2.45, 2.75) is 25.8 Å². The van der Waals surface area contributed by atoms with Crippen LogP contribution in [0.4, 0.5) is 0 Å². The lowest BCUT2D eigenvalue weighted by Gasteiger charge is -2.12. The van der Waals surface area contributed by atoms with Crippen LogP contribution in [0.1, 0.15) is 25.3 Å². The molecule has 1 heterocycles. The Morgan fingerprint density at radius 2 is 2.07 bits per heavy atom.